The molecule has 1 aromatic carbocycles. The molecule has 1 aromatic rings. The van der Waals surface area contributed by atoms with Gasteiger partial charge >= 0.3 is 0 Å². The van der Waals surface area contributed by atoms with E-state index in [0.29, 0.717) is 17.9 Å². The molecule has 0 aliphatic rings. The fourth-order valence-corrected chi connectivity index (χ4v) is 1.66. The van der Waals surface area contributed by atoms with Gasteiger partial charge in [0.05, 0.1) is 6.61 Å². The van der Waals surface area contributed by atoms with E-state index in [9.17, 15) is 9.59 Å². The molecule has 1 atom stereocenters. The molecule has 3 N–H and O–H groups in total. The van der Waals surface area contributed by atoms with E-state index >= 15 is 0 Å². The lowest BCUT2D eigenvalue weighted by molar-refractivity contribution is -0.120. The third kappa shape index (κ3) is 4.28. The summed E-state index contributed by atoms with van der Waals surface area (Å²) < 4.78 is 5.29. The number of carbonyl (C=O) groups excluding carboxylic acids is 2. The maximum Gasteiger partial charge on any atom is 0.251 e. The minimum atomic E-state index is -0.668. The topological polar surface area (TPSA) is 81.4 Å². The zero-order valence-corrected chi connectivity index (χ0v) is 11.5. The SMILES string of the molecule is CCOc1ccc(C(=O)NC(C(N)=O)C(C)C)cc1. The predicted molar refractivity (Wildman–Crippen MR) is 72.9 cm³/mol. The molecule has 0 radical (unpaired) electrons. The summed E-state index contributed by atoms with van der Waals surface area (Å²) in [7, 11) is 0. The molecule has 0 aromatic heterocycles. The van der Waals surface area contributed by atoms with E-state index in [-0.39, 0.29) is 11.8 Å². The number of nitrogens with one attached hydrogen (secondary N) is 1. The molecule has 0 aliphatic carbocycles. The summed E-state index contributed by atoms with van der Waals surface area (Å²) in [6.45, 7) is 6.12. The lowest BCUT2D eigenvalue weighted by Gasteiger charge is -2.18. The summed E-state index contributed by atoms with van der Waals surface area (Å²) in [5.41, 5.74) is 5.72. The Morgan fingerprint density at radius 1 is 1.26 bits per heavy atom. The zero-order valence-electron chi connectivity index (χ0n) is 11.5. The Hall–Kier alpha value is -2.04. The number of ether oxygens (including phenoxy) is 1. The minimum Gasteiger partial charge on any atom is -0.494 e. The first-order valence-electron chi connectivity index (χ1n) is 6.28. The van der Waals surface area contributed by atoms with E-state index in [1.54, 1.807) is 24.3 Å². The Labute approximate surface area is 113 Å². The number of hydrogen-bond acceptors (Lipinski definition) is 3. The second-order valence-electron chi connectivity index (χ2n) is 4.55. The van der Waals surface area contributed by atoms with Gasteiger partial charge in [-0.2, -0.15) is 0 Å². The first-order chi connectivity index (χ1) is 8.95. The van der Waals surface area contributed by atoms with Crippen molar-refractivity contribution in [3.05, 3.63) is 29.8 Å². The van der Waals surface area contributed by atoms with Gasteiger partial charge in [0.25, 0.3) is 5.91 Å². The molecule has 0 aliphatic heterocycles. The van der Waals surface area contributed by atoms with Crippen molar-refractivity contribution in [1.29, 1.82) is 0 Å². The number of carbonyl (C=O) groups is 2. The minimum absolute atomic E-state index is 0.0517. The van der Waals surface area contributed by atoms with Gasteiger partial charge in [-0.3, -0.25) is 9.59 Å². The molecule has 0 spiro atoms. The van der Waals surface area contributed by atoms with Crippen LogP contribution in [-0.4, -0.2) is 24.5 Å². The first-order valence-corrected chi connectivity index (χ1v) is 6.28. The maximum absolute atomic E-state index is 12.0. The molecule has 0 heterocycles. The van der Waals surface area contributed by atoms with Crippen LogP contribution in [0.5, 0.6) is 5.75 Å². The average Bonchev–Trinajstić information content (AvgIpc) is 2.36. The third-order valence-corrected chi connectivity index (χ3v) is 2.69. The first kappa shape index (κ1) is 15.0. The molecule has 104 valence electrons. The van der Waals surface area contributed by atoms with Crippen molar-refractivity contribution in [2.24, 2.45) is 11.7 Å². The normalized spacial score (nSPS) is 12.0. The molecule has 0 saturated heterocycles. The fourth-order valence-electron chi connectivity index (χ4n) is 1.66. The summed E-state index contributed by atoms with van der Waals surface area (Å²) in [4.78, 5) is 23.2. The van der Waals surface area contributed by atoms with E-state index < -0.39 is 11.9 Å². The number of amides is 2. The summed E-state index contributed by atoms with van der Waals surface area (Å²) in [5.74, 6) is -0.201. The third-order valence-electron chi connectivity index (χ3n) is 2.69. The van der Waals surface area contributed by atoms with E-state index in [4.69, 9.17) is 10.5 Å². The fraction of sp³-hybridized carbons (Fsp3) is 0.429. The van der Waals surface area contributed by atoms with Crippen LogP contribution in [0.15, 0.2) is 24.3 Å². The predicted octanol–water partition coefficient (Wildman–Crippen LogP) is 1.32. The molecule has 1 rings (SSSR count). The number of nitrogens with two attached hydrogens (primary N) is 1. The van der Waals surface area contributed by atoms with Crippen molar-refractivity contribution in [2.45, 2.75) is 26.8 Å². The van der Waals surface area contributed by atoms with Crippen LogP contribution in [-0.2, 0) is 4.79 Å². The van der Waals surface area contributed by atoms with Crippen LogP contribution >= 0.6 is 0 Å². The number of benzene rings is 1. The molecule has 2 amide bonds. The van der Waals surface area contributed by atoms with Crippen molar-refractivity contribution in [3.8, 4) is 5.75 Å². The zero-order chi connectivity index (χ0) is 14.4. The molecule has 0 saturated carbocycles. The van der Waals surface area contributed by atoms with Crippen LogP contribution < -0.4 is 15.8 Å². The summed E-state index contributed by atoms with van der Waals surface area (Å²) in [6, 6.07) is 6.07. The molecule has 1 unspecified atom stereocenters. The second kappa shape index (κ2) is 6.78. The lowest BCUT2D eigenvalue weighted by atomic mass is 10.0. The Kier molecular flexibility index (Phi) is 5.36. The number of hydrogen-bond donors (Lipinski definition) is 2. The van der Waals surface area contributed by atoms with E-state index in [2.05, 4.69) is 5.32 Å². The van der Waals surface area contributed by atoms with Crippen LogP contribution in [0.25, 0.3) is 0 Å². The molecule has 0 bridgehead atoms. The van der Waals surface area contributed by atoms with Gasteiger partial charge in [-0.05, 0) is 37.1 Å². The van der Waals surface area contributed by atoms with Crippen molar-refractivity contribution < 1.29 is 14.3 Å². The monoisotopic (exact) mass is 264 g/mol. The summed E-state index contributed by atoms with van der Waals surface area (Å²) >= 11 is 0. The van der Waals surface area contributed by atoms with E-state index in [1.807, 2.05) is 20.8 Å². The van der Waals surface area contributed by atoms with Gasteiger partial charge in [-0.1, -0.05) is 13.8 Å². The van der Waals surface area contributed by atoms with Crippen molar-refractivity contribution in [1.82, 2.24) is 5.32 Å². The Bertz CT molecular complexity index is 441. The summed E-state index contributed by atoms with van der Waals surface area (Å²) in [5, 5.41) is 2.63. The van der Waals surface area contributed by atoms with Crippen LogP contribution in [0, 0.1) is 5.92 Å². The second-order valence-corrected chi connectivity index (χ2v) is 4.55. The lowest BCUT2D eigenvalue weighted by Crippen LogP contribution is -2.47. The standard InChI is InChI=1S/C14H20N2O3/c1-4-19-11-7-5-10(6-8-11)14(18)16-12(9(2)3)13(15)17/h5-9,12H,4H2,1-3H3,(H2,15,17)(H,16,18). The summed E-state index contributed by atoms with van der Waals surface area (Å²) in [6.07, 6.45) is 0. The van der Waals surface area contributed by atoms with Gasteiger partial charge < -0.3 is 15.8 Å². The van der Waals surface area contributed by atoms with Gasteiger partial charge in [0.1, 0.15) is 11.8 Å². The molecule has 5 heteroatoms. The van der Waals surface area contributed by atoms with Crippen LogP contribution in [0.4, 0.5) is 0 Å². The van der Waals surface area contributed by atoms with Crippen LogP contribution in [0.1, 0.15) is 31.1 Å². The van der Waals surface area contributed by atoms with Crippen LogP contribution in [0.3, 0.4) is 0 Å². The highest BCUT2D eigenvalue weighted by Crippen LogP contribution is 2.12. The highest BCUT2D eigenvalue weighted by molar-refractivity contribution is 5.97. The smallest absolute Gasteiger partial charge is 0.251 e. The Balaban J connectivity index is 2.74. The van der Waals surface area contributed by atoms with Gasteiger partial charge in [0.15, 0.2) is 0 Å². The molecular weight excluding hydrogens is 244 g/mol. The number of rotatable bonds is 6. The number of primary amides is 1. The van der Waals surface area contributed by atoms with E-state index in [1.165, 1.54) is 0 Å². The van der Waals surface area contributed by atoms with Crippen molar-refractivity contribution >= 4 is 11.8 Å². The molecular formula is C14H20N2O3. The van der Waals surface area contributed by atoms with Gasteiger partial charge in [-0.15, -0.1) is 0 Å². The molecule has 5 nitrogen and oxygen atoms in total. The molecule has 0 fully saturated rings. The highest BCUT2D eigenvalue weighted by atomic mass is 16.5. The average molecular weight is 264 g/mol. The van der Waals surface area contributed by atoms with Gasteiger partial charge in [0.2, 0.25) is 5.91 Å². The van der Waals surface area contributed by atoms with Crippen LogP contribution in [0.2, 0.25) is 0 Å². The van der Waals surface area contributed by atoms with Gasteiger partial charge in [0, 0.05) is 5.56 Å². The largest absolute Gasteiger partial charge is 0.494 e. The van der Waals surface area contributed by atoms with Crippen molar-refractivity contribution in [2.75, 3.05) is 6.61 Å². The quantitative estimate of drug-likeness (QED) is 0.813. The Morgan fingerprint density at radius 2 is 1.84 bits per heavy atom. The maximum atomic E-state index is 12.0. The van der Waals surface area contributed by atoms with Gasteiger partial charge in [-0.25, -0.2) is 0 Å². The van der Waals surface area contributed by atoms with E-state index in [0.717, 1.165) is 0 Å². The molecule has 19 heavy (non-hydrogen) atoms. The highest BCUT2D eigenvalue weighted by Gasteiger charge is 2.22. The Morgan fingerprint density at radius 3 is 2.26 bits per heavy atom. The van der Waals surface area contributed by atoms with Crippen molar-refractivity contribution in [3.63, 3.8) is 0 Å².